The summed E-state index contributed by atoms with van der Waals surface area (Å²) in [4.78, 5) is 11.6. The molecule has 1 aromatic carbocycles. The van der Waals surface area contributed by atoms with Gasteiger partial charge >= 0.3 is 0 Å². The van der Waals surface area contributed by atoms with Crippen molar-refractivity contribution in [3.8, 4) is 5.75 Å². The third-order valence-corrected chi connectivity index (χ3v) is 5.76. The van der Waals surface area contributed by atoms with E-state index in [1.165, 1.54) is 17.3 Å². The van der Waals surface area contributed by atoms with E-state index in [4.69, 9.17) is 9.26 Å². The molecule has 0 unspecified atom stereocenters. The lowest BCUT2D eigenvalue weighted by atomic mass is 10.1. The average Bonchev–Trinajstić information content (AvgIpc) is 2.85. The van der Waals surface area contributed by atoms with Gasteiger partial charge in [-0.1, -0.05) is 5.16 Å². The molecule has 2 aromatic rings. The van der Waals surface area contributed by atoms with Crippen molar-refractivity contribution in [2.75, 3.05) is 17.5 Å². The van der Waals surface area contributed by atoms with Crippen LogP contribution in [0.15, 0.2) is 27.6 Å². The Balaban J connectivity index is 2.16. The van der Waals surface area contributed by atoms with Gasteiger partial charge in [-0.3, -0.25) is 9.10 Å². The van der Waals surface area contributed by atoms with E-state index in [1.807, 2.05) is 0 Å². The summed E-state index contributed by atoms with van der Waals surface area (Å²) in [6.07, 6.45) is 0. The number of nitrogens with zero attached hydrogens (tertiary/aromatic N) is 2. The van der Waals surface area contributed by atoms with Crippen LogP contribution in [0.4, 0.5) is 5.69 Å². The summed E-state index contributed by atoms with van der Waals surface area (Å²) in [6, 6.07) is 4.76. The lowest BCUT2D eigenvalue weighted by Crippen LogP contribution is -2.38. The maximum Gasteiger partial charge on any atom is 0.269 e. The minimum absolute atomic E-state index is 0.0542. The number of hydrogen-bond donors (Lipinski definition) is 0. The number of hydrogen-bond acceptors (Lipinski definition) is 6. The van der Waals surface area contributed by atoms with Gasteiger partial charge in [0.25, 0.3) is 10.0 Å². The zero-order valence-corrected chi connectivity index (χ0v) is 13.8. The van der Waals surface area contributed by atoms with Crippen molar-refractivity contribution in [1.29, 1.82) is 0 Å². The normalized spacial score (nSPS) is 14.3. The van der Waals surface area contributed by atoms with Crippen LogP contribution in [-0.2, 0) is 10.0 Å². The molecule has 0 saturated heterocycles. The fourth-order valence-corrected chi connectivity index (χ4v) is 4.36. The maximum absolute atomic E-state index is 13.0. The molecule has 0 saturated carbocycles. The monoisotopic (exact) mass is 336 g/mol. The van der Waals surface area contributed by atoms with Gasteiger partial charge in [-0.25, -0.2) is 8.42 Å². The Morgan fingerprint density at radius 2 is 2.04 bits per heavy atom. The van der Waals surface area contributed by atoms with E-state index >= 15 is 0 Å². The zero-order valence-electron chi connectivity index (χ0n) is 13.0. The minimum atomic E-state index is -3.85. The van der Waals surface area contributed by atoms with Gasteiger partial charge in [0.1, 0.15) is 18.1 Å². The molecule has 0 N–H and O–H groups in total. The van der Waals surface area contributed by atoms with Crippen LogP contribution in [0.5, 0.6) is 5.75 Å². The zero-order chi connectivity index (χ0) is 16.8. The summed E-state index contributed by atoms with van der Waals surface area (Å²) in [5.41, 5.74) is 1.08. The maximum atomic E-state index is 13.0. The van der Waals surface area contributed by atoms with Gasteiger partial charge in [-0.15, -0.1) is 0 Å². The SMILES string of the molecule is CC(=O)c1ccc2c(c1)N(S(=O)(=O)c1c(C)noc1C)CCO2. The predicted molar refractivity (Wildman–Crippen MR) is 82.5 cm³/mol. The number of ketones is 1. The first-order valence-corrected chi connectivity index (χ1v) is 8.50. The molecule has 2 heterocycles. The van der Waals surface area contributed by atoms with E-state index in [2.05, 4.69) is 5.16 Å². The van der Waals surface area contributed by atoms with Gasteiger partial charge in [0.2, 0.25) is 0 Å². The molecular weight excluding hydrogens is 320 g/mol. The number of aryl methyl sites for hydroxylation is 2. The first kappa shape index (κ1) is 15.5. The number of rotatable bonds is 3. The van der Waals surface area contributed by atoms with Crippen LogP contribution in [0.1, 0.15) is 28.7 Å². The Hall–Kier alpha value is -2.35. The second-order valence-electron chi connectivity index (χ2n) is 5.32. The molecule has 0 amide bonds. The molecule has 0 spiro atoms. The van der Waals surface area contributed by atoms with E-state index < -0.39 is 10.0 Å². The molecule has 3 rings (SSSR count). The fourth-order valence-electron chi connectivity index (χ4n) is 2.62. The minimum Gasteiger partial charge on any atom is -0.489 e. The molecule has 23 heavy (non-hydrogen) atoms. The van der Waals surface area contributed by atoms with E-state index in [0.717, 1.165) is 0 Å². The van der Waals surface area contributed by atoms with Crippen molar-refractivity contribution in [2.45, 2.75) is 25.7 Å². The third kappa shape index (κ3) is 2.48. The smallest absolute Gasteiger partial charge is 0.269 e. The van der Waals surface area contributed by atoms with Crippen LogP contribution in [0.2, 0.25) is 0 Å². The summed E-state index contributed by atoms with van der Waals surface area (Å²) in [5, 5.41) is 3.71. The van der Waals surface area contributed by atoms with Gasteiger partial charge in [0.15, 0.2) is 16.4 Å². The third-order valence-electron chi connectivity index (χ3n) is 3.70. The second kappa shape index (κ2) is 5.38. The summed E-state index contributed by atoms with van der Waals surface area (Å²) in [7, 11) is -3.85. The topological polar surface area (TPSA) is 89.7 Å². The van der Waals surface area contributed by atoms with Gasteiger partial charge in [-0.05, 0) is 39.0 Å². The van der Waals surface area contributed by atoms with Crippen molar-refractivity contribution in [2.24, 2.45) is 0 Å². The Bertz CT molecular complexity index is 866. The van der Waals surface area contributed by atoms with E-state index in [0.29, 0.717) is 22.7 Å². The van der Waals surface area contributed by atoms with Crippen molar-refractivity contribution in [3.63, 3.8) is 0 Å². The largest absolute Gasteiger partial charge is 0.489 e. The van der Waals surface area contributed by atoms with Crippen molar-refractivity contribution < 1.29 is 22.5 Å². The van der Waals surface area contributed by atoms with Crippen molar-refractivity contribution in [1.82, 2.24) is 5.16 Å². The highest BCUT2D eigenvalue weighted by atomic mass is 32.2. The van der Waals surface area contributed by atoms with Gasteiger partial charge in [-0.2, -0.15) is 0 Å². The molecule has 0 aliphatic carbocycles. The first-order chi connectivity index (χ1) is 10.8. The molecule has 8 heteroatoms. The molecule has 1 aromatic heterocycles. The predicted octanol–water partition coefficient (Wildman–Crippen LogP) is 2.08. The van der Waals surface area contributed by atoms with Crippen LogP contribution >= 0.6 is 0 Å². The van der Waals surface area contributed by atoms with Gasteiger partial charge in [0.05, 0.1) is 12.2 Å². The molecular formula is C15H16N2O5S. The lowest BCUT2D eigenvalue weighted by molar-refractivity contribution is 0.101. The summed E-state index contributed by atoms with van der Waals surface area (Å²) < 4.78 is 37.8. The van der Waals surface area contributed by atoms with Crippen molar-refractivity contribution in [3.05, 3.63) is 35.2 Å². The number of sulfonamides is 1. The van der Waals surface area contributed by atoms with E-state index in [-0.39, 0.29) is 29.6 Å². The van der Waals surface area contributed by atoms with Crippen LogP contribution in [-0.4, -0.2) is 32.5 Å². The van der Waals surface area contributed by atoms with Crippen LogP contribution in [0.3, 0.4) is 0 Å². The van der Waals surface area contributed by atoms with E-state index in [1.54, 1.807) is 26.0 Å². The quantitative estimate of drug-likeness (QED) is 0.797. The first-order valence-electron chi connectivity index (χ1n) is 7.06. The van der Waals surface area contributed by atoms with Gasteiger partial charge in [0, 0.05) is 5.56 Å². The molecule has 0 fully saturated rings. The lowest BCUT2D eigenvalue weighted by Gasteiger charge is -2.30. The van der Waals surface area contributed by atoms with E-state index in [9.17, 15) is 13.2 Å². The number of Topliss-reactive ketones (excluding diaryl/α,β-unsaturated/α-hetero) is 1. The number of carbonyl (C=O) groups excluding carboxylic acids is 1. The molecule has 0 atom stereocenters. The Morgan fingerprint density at radius 3 is 2.65 bits per heavy atom. The molecule has 0 bridgehead atoms. The van der Waals surface area contributed by atoms with Crippen LogP contribution < -0.4 is 9.04 Å². The fraction of sp³-hybridized carbons (Fsp3) is 0.333. The number of fused-ring (bicyclic) bond motifs is 1. The molecule has 1 aliphatic heterocycles. The highest BCUT2D eigenvalue weighted by Crippen LogP contribution is 2.37. The standard InChI is InChI=1S/C15H16N2O5S/c1-9-15(11(3)22-16-9)23(19,20)17-6-7-21-14-5-4-12(10(2)18)8-13(14)17/h4-5,8H,6-7H2,1-3H3. The number of aromatic nitrogens is 1. The highest BCUT2D eigenvalue weighted by molar-refractivity contribution is 7.93. The average molecular weight is 336 g/mol. The Morgan fingerprint density at radius 1 is 1.30 bits per heavy atom. The highest BCUT2D eigenvalue weighted by Gasteiger charge is 2.34. The number of carbonyl (C=O) groups is 1. The molecule has 122 valence electrons. The molecule has 1 aliphatic rings. The Kier molecular flexibility index (Phi) is 3.63. The van der Waals surface area contributed by atoms with Crippen LogP contribution in [0, 0.1) is 13.8 Å². The van der Waals surface area contributed by atoms with Crippen LogP contribution in [0.25, 0.3) is 0 Å². The van der Waals surface area contributed by atoms with Gasteiger partial charge < -0.3 is 9.26 Å². The molecule has 7 nitrogen and oxygen atoms in total. The number of benzene rings is 1. The summed E-state index contributed by atoms with van der Waals surface area (Å²) >= 11 is 0. The summed E-state index contributed by atoms with van der Waals surface area (Å²) in [5.74, 6) is 0.517. The van der Waals surface area contributed by atoms with Crippen molar-refractivity contribution >= 4 is 21.5 Å². The number of anilines is 1. The second-order valence-corrected chi connectivity index (χ2v) is 7.12. The Labute approximate surface area is 133 Å². The number of ether oxygens (including phenoxy) is 1. The summed E-state index contributed by atoms with van der Waals surface area (Å²) in [6.45, 7) is 4.95. The molecule has 0 radical (unpaired) electrons.